The molecule has 3 heterocycles. The molecule has 23 heavy (non-hydrogen) atoms. The van der Waals surface area contributed by atoms with E-state index >= 15 is 0 Å². The topological polar surface area (TPSA) is 39.9 Å². The Balaban J connectivity index is 1.97. The highest BCUT2D eigenvalue weighted by molar-refractivity contribution is 14.1. The number of ether oxygens (including phenoxy) is 1. The standard InChI is InChI=1S/C16H19BrIN3OSi/c1-23(2,3)5-4-22-10-21-14-9-19-15(17)7-12(14)13-6-11(18)8-20-16(13)21/h6-9H,4-5,10H2,1-3H3. The van der Waals surface area contributed by atoms with Crippen molar-refractivity contribution in [2.45, 2.75) is 32.4 Å². The van der Waals surface area contributed by atoms with Crippen molar-refractivity contribution in [2.75, 3.05) is 6.61 Å². The highest BCUT2D eigenvalue weighted by atomic mass is 127. The molecule has 3 aromatic heterocycles. The van der Waals surface area contributed by atoms with Gasteiger partial charge in [-0.25, -0.2) is 9.97 Å². The first kappa shape index (κ1) is 17.3. The summed E-state index contributed by atoms with van der Waals surface area (Å²) in [6, 6.07) is 5.38. The number of hydrogen-bond acceptors (Lipinski definition) is 3. The summed E-state index contributed by atoms with van der Waals surface area (Å²) >= 11 is 5.76. The van der Waals surface area contributed by atoms with Crippen molar-refractivity contribution in [1.82, 2.24) is 14.5 Å². The molecule has 3 aromatic rings. The molecular formula is C16H19BrIN3OSi. The van der Waals surface area contributed by atoms with Gasteiger partial charge in [0, 0.05) is 35.2 Å². The van der Waals surface area contributed by atoms with E-state index in [9.17, 15) is 0 Å². The van der Waals surface area contributed by atoms with Crippen LogP contribution in [0.1, 0.15) is 0 Å². The smallest absolute Gasteiger partial charge is 0.142 e. The summed E-state index contributed by atoms with van der Waals surface area (Å²) in [6.45, 7) is 8.40. The summed E-state index contributed by atoms with van der Waals surface area (Å²) in [6.07, 6.45) is 3.78. The van der Waals surface area contributed by atoms with Crippen LogP contribution in [0.2, 0.25) is 25.7 Å². The van der Waals surface area contributed by atoms with Crippen molar-refractivity contribution < 1.29 is 4.74 Å². The number of halogens is 2. The summed E-state index contributed by atoms with van der Waals surface area (Å²) in [5.74, 6) is 0. The number of aromatic nitrogens is 3. The van der Waals surface area contributed by atoms with Gasteiger partial charge in [-0.15, -0.1) is 0 Å². The fourth-order valence-corrected chi connectivity index (χ4v) is 4.02. The minimum Gasteiger partial charge on any atom is -0.361 e. The van der Waals surface area contributed by atoms with E-state index in [0.717, 1.165) is 36.7 Å². The maximum absolute atomic E-state index is 5.95. The van der Waals surface area contributed by atoms with E-state index in [1.165, 1.54) is 6.04 Å². The Labute approximate surface area is 158 Å². The second kappa shape index (κ2) is 6.77. The monoisotopic (exact) mass is 503 g/mol. The number of rotatable bonds is 5. The summed E-state index contributed by atoms with van der Waals surface area (Å²) in [5.41, 5.74) is 2.01. The van der Waals surface area contributed by atoms with Crippen molar-refractivity contribution in [3.8, 4) is 0 Å². The predicted molar refractivity (Wildman–Crippen MR) is 110 cm³/mol. The largest absolute Gasteiger partial charge is 0.361 e. The highest BCUT2D eigenvalue weighted by Crippen LogP contribution is 2.30. The van der Waals surface area contributed by atoms with E-state index in [4.69, 9.17) is 4.74 Å². The quantitative estimate of drug-likeness (QED) is 0.206. The molecule has 0 saturated carbocycles. The van der Waals surface area contributed by atoms with Crippen molar-refractivity contribution in [2.24, 2.45) is 0 Å². The molecule has 0 radical (unpaired) electrons. The average molecular weight is 504 g/mol. The van der Waals surface area contributed by atoms with E-state index in [0.29, 0.717) is 6.73 Å². The maximum atomic E-state index is 5.95. The molecule has 0 bridgehead atoms. The normalized spacial score (nSPS) is 12.4. The van der Waals surface area contributed by atoms with Crippen LogP contribution in [0.5, 0.6) is 0 Å². The second-order valence-electron chi connectivity index (χ2n) is 6.82. The molecule has 7 heteroatoms. The molecule has 122 valence electrons. The van der Waals surface area contributed by atoms with Gasteiger partial charge >= 0.3 is 0 Å². The molecule has 0 spiro atoms. The van der Waals surface area contributed by atoms with Gasteiger partial charge < -0.3 is 4.74 Å². The Bertz CT molecular complexity index is 801. The minimum absolute atomic E-state index is 0.515. The minimum atomic E-state index is -1.07. The van der Waals surface area contributed by atoms with Gasteiger partial charge in [0.25, 0.3) is 0 Å². The van der Waals surface area contributed by atoms with Gasteiger partial charge in [0.05, 0.1) is 11.7 Å². The van der Waals surface area contributed by atoms with Crippen LogP contribution in [0.15, 0.2) is 29.1 Å². The molecule has 0 fully saturated rings. The first-order valence-electron chi connectivity index (χ1n) is 7.52. The Hall–Kier alpha value is -0.513. The van der Waals surface area contributed by atoms with Crippen LogP contribution in [-0.4, -0.2) is 29.2 Å². The molecule has 0 aliphatic carbocycles. The van der Waals surface area contributed by atoms with Crippen LogP contribution in [0.4, 0.5) is 0 Å². The fourth-order valence-electron chi connectivity index (χ4n) is 2.48. The Kier molecular flexibility index (Phi) is 5.10. The number of nitrogens with zero attached hydrogens (tertiary/aromatic N) is 3. The third-order valence-corrected chi connectivity index (χ3v) is 6.46. The summed E-state index contributed by atoms with van der Waals surface area (Å²) in [5, 5.41) is 2.30. The van der Waals surface area contributed by atoms with Crippen molar-refractivity contribution in [3.63, 3.8) is 0 Å². The third kappa shape index (κ3) is 3.94. The average Bonchev–Trinajstić information content (AvgIpc) is 2.75. The van der Waals surface area contributed by atoms with Crippen LogP contribution < -0.4 is 0 Å². The molecule has 0 saturated heterocycles. The number of fused-ring (bicyclic) bond motifs is 3. The van der Waals surface area contributed by atoms with Crippen LogP contribution in [-0.2, 0) is 11.5 Å². The van der Waals surface area contributed by atoms with Crippen molar-refractivity contribution in [3.05, 3.63) is 32.7 Å². The Morgan fingerprint density at radius 2 is 1.96 bits per heavy atom. The van der Waals surface area contributed by atoms with Gasteiger partial charge in [-0.2, -0.15) is 0 Å². The van der Waals surface area contributed by atoms with Gasteiger partial charge in [0.15, 0.2) is 0 Å². The second-order valence-corrected chi connectivity index (χ2v) is 14.5. The predicted octanol–water partition coefficient (Wildman–Crippen LogP) is 5.26. The number of pyridine rings is 2. The van der Waals surface area contributed by atoms with Crippen LogP contribution in [0.3, 0.4) is 0 Å². The molecular weight excluding hydrogens is 485 g/mol. The molecule has 4 nitrogen and oxygen atoms in total. The first-order chi connectivity index (χ1) is 10.8. The Morgan fingerprint density at radius 3 is 2.70 bits per heavy atom. The zero-order valence-electron chi connectivity index (χ0n) is 13.4. The molecule has 3 rings (SSSR count). The van der Waals surface area contributed by atoms with Gasteiger partial charge in [-0.05, 0) is 56.7 Å². The van der Waals surface area contributed by atoms with E-state index in [-0.39, 0.29) is 0 Å². The van der Waals surface area contributed by atoms with E-state index < -0.39 is 8.07 Å². The van der Waals surface area contributed by atoms with E-state index in [1.807, 2.05) is 18.5 Å². The first-order valence-corrected chi connectivity index (χ1v) is 13.1. The lowest BCUT2D eigenvalue weighted by atomic mass is 10.2. The number of hydrogen-bond donors (Lipinski definition) is 0. The molecule has 0 unspecified atom stereocenters. The summed E-state index contributed by atoms with van der Waals surface area (Å²) < 4.78 is 10.0. The van der Waals surface area contributed by atoms with Crippen molar-refractivity contribution >= 4 is 68.5 Å². The molecule has 0 N–H and O–H groups in total. The van der Waals surface area contributed by atoms with Crippen molar-refractivity contribution in [1.29, 1.82) is 0 Å². The van der Waals surface area contributed by atoms with Crippen LogP contribution >= 0.6 is 38.5 Å². The zero-order valence-corrected chi connectivity index (χ0v) is 18.2. The van der Waals surface area contributed by atoms with Crippen LogP contribution in [0.25, 0.3) is 21.9 Å². The third-order valence-electron chi connectivity index (χ3n) is 3.74. The van der Waals surface area contributed by atoms with E-state index in [1.54, 1.807) is 0 Å². The fraction of sp³-hybridized carbons (Fsp3) is 0.375. The molecule has 0 aliphatic heterocycles. The van der Waals surface area contributed by atoms with Crippen LogP contribution in [0, 0.1) is 3.57 Å². The summed E-state index contributed by atoms with van der Waals surface area (Å²) in [4.78, 5) is 8.99. The SMILES string of the molecule is C[Si](C)(C)CCOCn1c2cnc(Br)cc2c2cc(I)cnc21. The Morgan fingerprint density at radius 1 is 1.17 bits per heavy atom. The lowest BCUT2D eigenvalue weighted by molar-refractivity contribution is 0.0925. The molecule has 0 amide bonds. The van der Waals surface area contributed by atoms with Gasteiger partial charge in [-0.1, -0.05) is 19.6 Å². The molecule has 0 aromatic carbocycles. The van der Waals surface area contributed by atoms with Gasteiger partial charge in [-0.3, -0.25) is 4.57 Å². The van der Waals surface area contributed by atoms with Gasteiger partial charge in [0.1, 0.15) is 17.0 Å². The maximum Gasteiger partial charge on any atom is 0.142 e. The van der Waals surface area contributed by atoms with Gasteiger partial charge in [0.2, 0.25) is 0 Å². The highest BCUT2D eigenvalue weighted by Gasteiger charge is 2.15. The van der Waals surface area contributed by atoms with E-state index in [2.05, 4.69) is 78.8 Å². The lowest BCUT2D eigenvalue weighted by Crippen LogP contribution is -2.22. The molecule has 0 atom stereocenters. The molecule has 0 aliphatic rings. The summed E-state index contributed by atoms with van der Waals surface area (Å²) in [7, 11) is -1.07. The lowest BCUT2D eigenvalue weighted by Gasteiger charge is -2.16. The zero-order chi connectivity index (χ0) is 16.6.